The zero-order chi connectivity index (χ0) is 14.4. The van der Waals surface area contributed by atoms with Crippen molar-refractivity contribution in [3.05, 3.63) is 24.3 Å². The fraction of sp³-hybridized carbons (Fsp3) is 0.533. The van der Waals surface area contributed by atoms with Gasteiger partial charge in [-0.05, 0) is 36.8 Å². The molecule has 1 aliphatic rings. The van der Waals surface area contributed by atoms with E-state index in [1.807, 2.05) is 24.3 Å². The van der Waals surface area contributed by atoms with Crippen molar-refractivity contribution < 1.29 is 9.47 Å². The van der Waals surface area contributed by atoms with Crippen molar-refractivity contribution >= 4 is 35.6 Å². The van der Waals surface area contributed by atoms with Crippen molar-refractivity contribution in [2.75, 3.05) is 32.7 Å². The van der Waals surface area contributed by atoms with E-state index < -0.39 is 0 Å². The Balaban J connectivity index is 0.00000220. The highest BCUT2D eigenvalue weighted by Gasteiger charge is 2.41. The summed E-state index contributed by atoms with van der Waals surface area (Å²) in [5.74, 6) is 1.24. The van der Waals surface area contributed by atoms with Gasteiger partial charge in [0.25, 0.3) is 0 Å². The van der Waals surface area contributed by atoms with Crippen LogP contribution in [-0.4, -0.2) is 33.3 Å². The maximum atomic E-state index is 5.93. The summed E-state index contributed by atoms with van der Waals surface area (Å²) >= 11 is 0. The minimum Gasteiger partial charge on any atom is -0.497 e. The van der Waals surface area contributed by atoms with Gasteiger partial charge < -0.3 is 20.5 Å². The molecule has 1 fully saturated rings. The Morgan fingerprint density at radius 3 is 2.76 bits per heavy atom. The maximum absolute atomic E-state index is 5.93. The van der Waals surface area contributed by atoms with Crippen molar-refractivity contribution in [1.29, 1.82) is 0 Å². The highest BCUT2D eigenvalue weighted by molar-refractivity contribution is 14.0. The van der Waals surface area contributed by atoms with E-state index in [1.165, 1.54) is 12.8 Å². The standard InChI is InChI=1S/C15H23N3O2.HI/c1-19-9-8-15(6-7-15)11-17-14(16)18-12-4-3-5-13(10-12)20-2;/h3-5,10H,6-9,11H2,1-2H3,(H3,16,17,18);1H. The molecule has 0 atom stereocenters. The van der Waals surface area contributed by atoms with E-state index in [0.717, 1.165) is 31.0 Å². The van der Waals surface area contributed by atoms with Gasteiger partial charge in [0.1, 0.15) is 5.75 Å². The normalized spacial score (nSPS) is 16.0. The lowest BCUT2D eigenvalue weighted by molar-refractivity contribution is 0.174. The van der Waals surface area contributed by atoms with E-state index in [1.54, 1.807) is 14.2 Å². The van der Waals surface area contributed by atoms with Crippen LogP contribution in [0.1, 0.15) is 19.3 Å². The first-order chi connectivity index (χ1) is 9.67. The van der Waals surface area contributed by atoms with Gasteiger partial charge in [-0.1, -0.05) is 6.07 Å². The second kappa shape index (κ2) is 8.43. The van der Waals surface area contributed by atoms with Crippen molar-refractivity contribution in [3.63, 3.8) is 0 Å². The minimum atomic E-state index is 0. The number of nitrogens with one attached hydrogen (secondary N) is 1. The van der Waals surface area contributed by atoms with Gasteiger partial charge in [-0.25, -0.2) is 0 Å². The van der Waals surface area contributed by atoms with Crippen LogP contribution in [0.25, 0.3) is 0 Å². The Kier molecular flexibility index (Phi) is 7.24. The summed E-state index contributed by atoms with van der Waals surface area (Å²) in [6, 6.07) is 7.63. The van der Waals surface area contributed by atoms with Crippen LogP contribution in [0.4, 0.5) is 5.69 Å². The van der Waals surface area contributed by atoms with Crippen LogP contribution < -0.4 is 15.8 Å². The van der Waals surface area contributed by atoms with E-state index in [9.17, 15) is 0 Å². The first kappa shape index (κ1) is 18.0. The number of hydrogen-bond donors (Lipinski definition) is 2. The number of anilines is 1. The molecule has 0 saturated heterocycles. The summed E-state index contributed by atoms with van der Waals surface area (Å²) in [4.78, 5) is 4.45. The molecule has 0 aliphatic heterocycles. The molecule has 3 N–H and O–H groups in total. The van der Waals surface area contributed by atoms with Gasteiger partial charge in [0.2, 0.25) is 0 Å². The van der Waals surface area contributed by atoms with Crippen LogP contribution in [0.15, 0.2) is 29.3 Å². The molecule has 2 rings (SSSR count). The molecule has 0 unspecified atom stereocenters. The number of hydrogen-bond acceptors (Lipinski definition) is 3. The van der Waals surface area contributed by atoms with E-state index >= 15 is 0 Å². The minimum absolute atomic E-state index is 0. The molecule has 1 aromatic carbocycles. The summed E-state index contributed by atoms with van der Waals surface area (Å²) in [6.07, 6.45) is 3.48. The number of rotatable bonds is 7. The third-order valence-corrected chi connectivity index (χ3v) is 3.72. The summed E-state index contributed by atoms with van der Waals surface area (Å²) in [6.45, 7) is 1.55. The first-order valence-corrected chi connectivity index (χ1v) is 6.87. The van der Waals surface area contributed by atoms with Gasteiger partial charge in [-0.3, -0.25) is 4.99 Å². The maximum Gasteiger partial charge on any atom is 0.193 e. The van der Waals surface area contributed by atoms with E-state index in [2.05, 4.69) is 10.3 Å². The molecule has 1 aromatic rings. The Bertz CT molecular complexity index is 476. The van der Waals surface area contributed by atoms with E-state index in [0.29, 0.717) is 11.4 Å². The SMILES string of the molecule is COCCC1(CN=C(N)Nc2cccc(OC)c2)CC1.I. The second-order valence-electron chi connectivity index (χ2n) is 5.30. The average Bonchev–Trinajstić information content (AvgIpc) is 3.24. The largest absolute Gasteiger partial charge is 0.497 e. The number of ether oxygens (including phenoxy) is 2. The van der Waals surface area contributed by atoms with E-state index in [-0.39, 0.29) is 24.0 Å². The van der Waals surface area contributed by atoms with Crippen LogP contribution in [0, 0.1) is 5.41 Å². The number of halogens is 1. The van der Waals surface area contributed by atoms with Crippen LogP contribution >= 0.6 is 24.0 Å². The number of nitrogens with zero attached hydrogens (tertiary/aromatic N) is 1. The van der Waals surface area contributed by atoms with Crippen LogP contribution in [0.5, 0.6) is 5.75 Å². The summed E-state index contributed by atoms with van der Waals surface area (Å²) in [7, 11) is 3.38. The van der Waals surface area contributed by atoms with E-state index in [4.69, 9.17) is 15.2 Å². The molecule has 0 heterocycles. The predicted octanol–water partition coefficient (Wildman–Crippen LogP) is 2.86. The fourth-order valence-electron chi connectivity index (χ4n) is 2.12. The smallest absolute Gasteiger partial charge is 0.193 e. The highest BCUT2D eigenvalue weighted by atomic mass is 127. The second-order valence-corrected chi connectivity index (χ2v) is 5.30. The lowest BCUT2D eigenvalue weighted by atomic mass is 10.0. The number of nitrogens with two attached hydrogens (primary N) is 1. The zero-order valence-corrected chi connectivity index (χ0v) is 14.9. The zero-order valence-electron chi connectivity index (χ0n) is 12.6. The lowest BCUT2D eigenvalue weighted by Crippen LogP contribution is -2.24. The number of aliphatic imine (C=N–C) groups is 1. The van der Waals surface area contributed by atoms with Gasteiger partial charge in [0.15, 0.2) is 5.96 Å². The molecule has 0 aromatic heterocycles. The molecule has 118 valence electrons. The topological polar surface area (TPSA) is 68.9 Å². The number of benzene rings is 1. The monoisotopic (exact) mass is 405 g/mol. The molecule has 21 heavy (non-hydrogen) atoms. The van der Waals surface area contributed by atoms with Gasteiger partial charge in [0, 0.05) is 32.0 Å². The van der Waals surface area contributed by atoms with Gasteiger partial charge in [-0.15, -0.1) is 24.0 Å². The van der Waals surface area contributed by atoms with Crippen LogP contribution in [0.3, 0.4) is 0 Å². The molecule has 0 radical (unpaired) electrons. The van der Waals surface area contributed by atoms with Gasteiger partial charge >= 0.3 is 0 Å². The fourth-order valence-corrected chi connectivity index (χ4v) is 2.12. The number of guanidine groups is 1. The molecule has 0 spiro atoms. The van der Waals surface area contributed by atoms with Gasteiger partial charge in [0.05, 0.1) is 7.11 Å². The van der Waals surface area contributed by atoms with Crippen molar-refractivity contribution in [2.45, 2.75) is 19.3 Å². The van der Waals surface area contributed by atoms with Crippen LogP contribution in [0.2, 0.25) is 0 Å². The molecule has 0 amide bonds. The predicted molar refractivity (Wildman–Crippen MR) is 96.7 cm³/mol. The number of methoxy groups -OCH3 is 2. The molecule has 1 saturated carbocycles. The molecular formula is C15H24IN3O2. The summed E-state index contributed by atoms with van der Waals surface area (Å²) < 4.78 is 10.3. The summed E-state index contributed by atoms with van der Waals surface area (Å²) in [5, 5.41) is 3.09. The Hall–Kier alpha value is -1.02. The molecule has 0 bridgehead atoms. The van der Waals surface area contributed by atoms with Crippen molar-refractivity contribution in [2.24, 2.45) is 16.1 Å². The van der Waals surface area contributed by atoms with Gasteiger partial charge in [-0.2, -0.15) is 0 Å². The third kappa shape index (κ3) is 5.70. The Morgan fingerprint density at radius 1 is 1.38 bits per heavy atom. The average molecular weight is 405 g/mol. The highest BCUT2D eigenvalue weighted by Crippen LogP contribution is 2.48. The van der Waals surface area contributed by atoms with Crippen LogP contribution in [-0.2, 0) is 4.74 Å². The third-order valence-electron chi connectivity index (χ3n) is 3.72. The first-order valence-electron chi connectivity index (χ1n) is 6.87. The Labute approximate surface area is 143 Å². The molecule has 5 nitrogen and oxygen atoms in total. The summed E-state index contributed by atoms with van der Waals surface area (Å²) in [5.41, 5.74) is 7.13. The molecule has 6 heteroatoms. The van der Waals surface area contributed by atoms with Crippen molar-refractivity contribution in [3.8, 4) is 5.75 Å². The molecular weight excluding hydrogens is 381 g/mol. The lowest BCUT2D eigenvalue weighted by Gasteiger charge is -2.12. The quantitative estimate of drug-likeness (QED) is 0.416. The molecule has 1 aliphatic carbocycles. The Morgan fingerprint density at radius 2 is 2.14 bits per heavy atom. The van der Waals surface area contributed by atoms with Crippen molar-refractivity contribution in [1.82, 2.24) is 0 Å².